The molecule has 16 heavy (non-hydrogen) atoms. The first kappa shape index (κ1) is 9.99. The summed E-state index contributed by atoms with van der Waals surface area (Å²) in [6, 6.07) is 4.11. The number of hydrogen-bond acceptors (Lipinski definition) is 5. The van der Waals surface area contributed by atoms with Crippen molar-refractivity contribution in [2.24, 2.45) is 11.7 Å². The molecule has 1 saturated heterocycles. The van der Waals surface area contributed by atoms with Gasteiger partial charge in [-0.25, -0.2) is 0 Å². The quantitative estimate of drug-likeness (QED) is 0.754. The Hall–Kier alpha value is -1.20. The molecule has 5 nitrogen and oxygen atoms in total. The van der Waals surface area contributed by atoms with Gasteiger partial charge in [0.05, 0.1) is 12.1 Å². The minimum atomic E-state index is 0.173. The average molecular weight is 220 g/mol. The van der Waals surface area contributed by atoms with E-state index in [1.807, 2.05) is 12.1 Å². The summed E-state index contributed by atoms with van der Waals surface area (Å²) in [6.07, 6.45) is 4.23. The van der Waals surface area contributed by atoms with Gasteiger partial charge < -0.3 is 15.8 Å². The normalized spacial score (nSPS) is 37.3. The van der Waals surface area contributed by atoms with Gasteiger partial charge in [-0.3, -0.25) is 0 Å². The van der Waals surface area contributed by atoms with Crippen molar-refractivity contribution in [3.05, 3.63) is 18.3 Å². The Bertz CT molecular complexity index is 358. The lowest BCUT2D eigenvalue weighted by Crippen LogP contribution is -2.69. The second kappa shape index (κ2) is 3.99. The first-order valence-corrected chi connectivity index (χ1v) is 5.78. The van der Waals surface area contributed by atoms with E-state index in [4.69, 9.17) is 10.5 Å². The smallest absolute Gasteiger partial charge is 0.148 e. The van der Waals surface area contributed by atoms with Crippen LogP contribution in [-0.2, 0) is 4.74 Å². The van der Waals surface area contributed by atoms with E-state index in [2.05, 4.69) is 15.5 Å². The average Bonchev–Trinajstić information content (AvgIpc) is 2.37. The lowest BCUT2D eigenvalue weighted by molar-refractivity contribution is -0.104. The molecule has 0 spiro atoms. The molecule has 2 fully saturated rings. The SMILES string of the molecule is NC1C2CCCOC2C1Nc1cccnn1. The summed E-state index contributed by atoms with van der Waals surface area (Å²) in [5, 5.41) is 11.1. The highest BCUT2D eigenvalue weighted by molar-refractivity contribution is 5.36. The van der Waals surface area contributed by atoms with Crippen molar-refractivity contribution in [1.82, 2.24) is 10.2 Å². The number of aromatic nitrogens is 2. The largest absolute Gasteiger partial charge is 0.376 e. The number of fused-ring (bicyclic) bond motifs is 1. The van der Waals surface area contributed by atoms with E-state index in [9.17, 15) is 0 Å². The van der Waals surface area contributed by atoms with E-state index in [0.29, 0.717) is 5.92 Å². The number of nitrogens with one attached hydrogen (secondary N) is 1. The Labute approximate surface area is 94.4 Å². The number of rotatable bonds is 2. The molecule has 0 bridgehead atoms. The highest BCUT2D eigenvalue weighted by atomic mass is 16.5. The topological polar surface area (TPSA) is 73.1 Å². The van der Waals surface area contributed by atoms with Crippen molar-refractivity contribution in [3.63, 3.8) is 0 Å². The first-order chi connectivity index (χ1) is 7.86. The number of nitrogens with two attached hydrogens (primary N) is 1. The fraction of sp³-hybridized carbons (Fsp3) is 0.636. The van der Waals surface area contributed by atoms with Crippen LogP contribution in [0.3, 0.4) is 0 Å². The van der Waals surface area contributed by atoms with Crippen LogP contribution in [0.5, 0.6) is 0 Å². The van der Waals surface area contributed by atoms with Gasteiger partial charge in [-0.2, -0.15) is 5.10 Å². The molecule has 4 unspecified atom stereocenters. The van der Waals surface area contributed by atoms with Gasteiger partial charge in [-0.1, -0.05) is 0 Å². The molecular formula is C11H16N4O. The summed E-state index contributed by atoms with van der Waals surface area (Å²) < 4.78 is 5.74. The molecular weight excluding hydrogens is 204 g/mol. The number of nitrogens with zero attached hydrogens (tertiary/aromatic N) is 2. The summed E-state index contributed by atoms with van der Waals surface area (Å²) in [4.78, 5) is 0. The maximum Gasteiger partial charge on any atom is 0.148 e. The molecule has 1 aliphatic carbocycles. The molecule has 0 aromatic carbocycles. The van der Waals surface area contributed by atoms with Crippen molar-refractivity contribution < 1.29 is 4.74 Å². The molecule has 4 atom stereocenters. The van der Waals surface area contributed by atoms with Crippen molar-refractivity contribution in [3.8, 4) is 0 Å². The second-order valence-corrected chi connectivity index (χ2v) is 4.50. The minimum absolute atomic E-state index is 0.173. The van der Waals surface area contributed by atoms with Crippen LogP contribution in [0.15, 0.2) is 18.3 Å². The van der Waals surface area contributed by atoms with Crippen molar-refractivity contribution in [1.29, 1.82) is 0 Å². The van der Waals surface area contributed by atoms with Gasteiger partial charge in [-0.05, 0) is 25.0 Å². The molecule has 1 aromatic rings. The number of ether oxygens (including phenoxy) is 1. The predicted octanol–water partition coefficient (Wildman–Crippen LogP) is 0.393. The zero-order valence-electron chi connectivity index (χ0n) is 9.04. The van der Waals surface area contributed by atoms with Crippen LogP contribution in [-0.4, -0.2) is 35.0 Å². The lowest BCUT2D eigenvalue weighted by atomic mass is 9.68. The molecule has 1 saturated carbocycles. The van der Waals surface area contributed by atoms with Crippen molar-refractivity contribution in [2.75, 3.05) is 11.9 Å². The van der Waals surface area contributed by atoms with Crippen LogP contribution in [0.4, 0.5) is 5.82 Å². The van der Waals surface area contributed by atoms with Gasteiger partial charge in [0.1, 0.15) is 5.82 Å². The van der Waals surface area contributed by atoms with Crippen LogP contribution >= 0.6 is 0 Å². The summed E-state index contributed by atoms with van der Waals surface area (Å²) in [7, 11) is 0. The van der Waals surface area contributed by atoms with Crippen LogP contribution in [0.2, 0.25) is 0 Å². The third-order valence-electron chi connectivity index (χ3n) is 3.56. The zero-order valence-corrected chi connectivity index (χ0v) is 9.04. The van der Waals surface area contributed by atoms with E-state index >= 15 is 0 Å². The standard InChI is InChI=1S/C11H16N4O/c12-9-7-3-2-6-16-11(7)10(9)14-8-4-1-5-13-15-8/h1,4-5,7,9-11H,2-3,6,12H2,(H,14,15). The Morgan fingerprint density at radius 1 is 1.50 bits per heavy atom. The maximum atomic E-state index is 6.13. The molecule has 86 valence electrons. The first-order valence-electron chi connectivity index (χ1n) is 5.78. The Morgan fingerprint density at radius 2 is 2.44 bits per heavy atom. The van der Waals surface area contributed by atoms with Crippen LogP contribution in [0, 0.1) is 5.92 Å². The lowest BCUT2D eigenvalue weighted by Gasteiger charge is -2.52. The summed E-state index contributed by atoms with van der Waals surface area (Å²) >= 11 is 0. The number of hydrogen-bond donors (Lipinski definition) is 2. The van der Waals surface area contributed by atoms with E-state index < -0.39 is 0 Å². The number of anilines is 1. The highest BCUT2D eigenvalue weighted by Gasteiger charge is 2.50. The van der Waals surface area contributed by atoms with Gasteiger partial charge in [0.2, 0.25) is 0 Å². The van der Waals surface area contributed by atoms with Crippen LogP contribution in [0.25, 0.3) is 0 Å². The van der Waals surface area contributed by atoms with E-state index in [0.717, 1.165) is 18.8 Å². The van der Waals surface area contributed by atoms with Crippen LogP contribution < -0.4 is 11.1 Å². The molecule has 2 heterocycles. The molecule has 5 heteroatoms. The van der Waals surface area contributed by atoms with Crippen molar-refractivity contribution in [2.45, 2.75) is 31.0 Å². The summed E-state index contributed by atoms with van der Waals surface area (Å²) in [6.45, 7) is 0.854. The van der Waals surface area contributed by atoms with Gasteiger partial charge in [0.15, 0.2) is 0 Å². The monoisotopic (exact) mass is 220 g/mol. The zero-order chi connectivity index (χ0) is 11.0. The van der Waals surface area contributed by atoms with Gasteiger partial charge in [-0.15, -0.1) is 5.10 Å². The molecule has 1 aliphatic heterocycles. The Balaban J connectivity index is 1.68. The Kier molecular flexibility index (Phi) is 2.49. The van der Waals surface area contributed by atoms with Gasteiger partial charge in [0, 0.05) is 24.8 Å². The maximum absolute atomic E-state index is 6.13. The van der Waals surface area contributed by atoms with E-state index in [-0.39, 0.29) is 18.2 Å². The molecule has 0 radical (unpaired) electrons. The fourth-order valence-electron chi connectivity index (χ4n) is 2.68. The second-order valence-electron chi connectivity index (χ2n) is 4.50. The summed E-state index contributed by atoms with van der Waals surface area (Å²) in [5.41, 5.74) is 6.13. The molecule has 0 amide bonds. The summed E-state index contributed by atoms with van der Waals surface area (Å²) in [5.74, 6) is 1.29. The third-order valence-corrected chi connectivity index (χ3v) is 3.56. The van der Waals surface area contributed by atoms with Gasteiger partial charge >= 0.3 is 0 Å². The predicted molar refractivity (Wildman–Crippen MR) is 59.9 cm³/mol. The molecule has 3 N–H and O–H groups in total. The van der Waals surface area contributed by atoms with E-state index in [1.165, 1.54) is 6.42 Å². The third kappa shape index (κ3) is 1.56. The van der Waals surface area contributed by atoms with Gasteiger partial charge in [0.25, 0.3) is 0 Å². The van der Waals surface area contributed by atoms with Crippen molar-refractivity contribution >= 4 is 5.82 Å². The minimum Gasteiger partial charge on any atom is -0.376 e. The molecule has 3 rings (SSSR count). The molecule has 2 aliphatic rings. The van der Waals surface area contributed by atoms with Crippen LogP contribution in [0.1, 0.15) is 12.8 Å². The molecule has 1 aromatic heterocycles. The fourth-order valence-corrected chi connectivity index (χ4v) is 2.68. The Morgan fingerprint density at radius 3 is 3.25 bits per heavy atom. The highest BCUT2D eigenvalue weighted by Crippen LogP contribution is 2.38. The van der Waals surface area contributed by atoms with E-state index in [1.54, 1.807) is 6.20 Å².